The maximum Gasteiger partial charge on any atom is 0.00387 e. The van der Waals surface area contributed by atoms with Gasteiger partial charge in [-0.1, -0.05) is 13.3 Å². The molecule has 0 bridgehead atoms. The van der Waals surface area contributed by atoms with Crippen molar-refractivity contribution in [3.05, 3.63) is 0 Å². The quantitative estimate of drug-likeness (QED) is 0.635. The van der Waals surface area contributed by atoms with Gasteiger partial charge in [0.2, 0.25) is 0 Å². The molecular formula is C15H32N2. The Hall–Kier alpha value is -0.0800. The number of nitrogens with zero attached hydrogens (tertiary/aromatic N) is 1. The molecule has 0 spiro atoms. The summed E-state index contributed by atoms with van der Waals surface area (Å²) in [5.41, 5.74) is 5.65. The van der Waals surface area contributed by atoms with Crippen LogP contribution in [0.15, 0.2) is 0 Å². The van der Waals surface area contributed by atoms with Crippen LogP contribution in [0.5, 0.6) is 0 Å². The van der Waals surface area contributed by atoms with E-state index in [1.165, 1.54) is 51.6 Å². The lowest BCUT2D eigenvalue weighted by Gasteiger charge is -2.27. The zero-order valence-corrected chi connectivity index (χ0v) is 12.1. The van der Waals surface area contributed by atoms with Crippen molar-refractivity contribution in [2.24, 2.45) is 17.6 Å². The summed E-state index contributed by atoms with van der Waals surface area (Å²) in [5.74, 6) is 1.87. The molecular weight excluding hydrogens is 208 g/mol. The lowest BCUT2D eigenvalue weighted by atomic mass is 9.96. The van der Waals surface area contributed by atoms with Gasteiger partial charge < -0.3 is 10.6 Å². The summed E-state index contributed by atoms with van der Waals surface area (Å²) in [4.78, 5) is 2.67. The number of nitrogens with two attached hydrogens (primary N) is 1. The zero-order valence-electron chi connectivity index (χ0n) is 12.1. The van der Waals surface area contributed by atoms with Gasteiger partial charge in [-0.3, -0.25) is 0 Å². The maximum atomic E-state index is 5.65. The Kier molecular flexibility index (Phi) is 7.14. The van der Waals surface area contributed by atoms with Crippen LogP contribution in [0.1, 0.15) is 59.3 Å². The van der Waals surface area contributed by atoms with Crippen molar-refractivity contribution in [1.82, 2.24) is 4.90 Å². The van der Waals surface area contributed by atoms with Crippen molar-refractivity contribution < 1.29 is 0 Å². The Morgan fingerprint density at radius 1 is 1.24 bits per heavy atom. The Labute approximate surface area is 108 Å². The first kappa shape index (κ1) is 15.0. The smallest absolute Gasteiger partial charge is 0.00387 e. The summed E-state index contributed by atoms with van der Waals surface area (Å²) in [6.45, 7) is 10.4. The Balaban J connectivity index is 2.16. The van der Waals surface area contributed by atoms with Crippen LogP contribution in [0.4, 0.5) is 0 Å². The van der Waals surface area contributed by atoms with Gasteiger partial charge in [0.05, 0.1) is 0 Å². The standard InChI is InChI=1S/C15H32N2/c1-4-14(9-10-16)6-5-11-17(13(2)3)12-15-7-8-15/h13-15H,4-12,16H2,1-3H3. The summed E-state index contributed by atoms with van der Waals surface area (Å²) < 4.78 is 0. The molecule has 0 aromatic rings. The first-order chi connectivity index (χ1) is 8.17. The van der Waals surface area contributed by atoms with E-state index in [1.807, 2.05) is 0 Å². The largest absolute Gasteiger partial charge is 0.330 e. The Morgan fingerprint density at radius 3 is 2.41 bits per heavy atom. The normalized spacial score (nSPS) is 18.0. The third-order valence-electron chi connectivity index (χ3n) is 4.13. The summed E-state index contributed by atoms with van der Waals surface area (Å²) in [6.07, 6.45) is 8.15. The van der Waals surface area contributed by atoms with E-state index in [0.717, 1.165) is 18.4 Å². The van der Waals surface area contributed by atoms with Crippen molar-refractivity contribution in [3.63, 3.8) is 0 Å². The van der Waals surface area contributed by atoms with Gasteiger partial charge in [-0.2, -0.15) is 0 Å². The van der Waals surface area contributed by atoms with Crippen molar-refractivity contribution in [3.8, 4) is 0 Å². The van der Waals surface area contributed by atoms with Crippen molar-refractivity contribution in [2.75, 3.05) is 19.6 Å². The van der Waals surface area contributed by atoms with Gasteiger partial charge >= 0.3 is 0 Å². The van der Waals surface area contributed by atoms with Gasteiger partial charge in [0, 0.05) is 12.6 Å². The second-order valence-corrected chi connectivity index (χ2v) is 6.03. The van der Waals surface area contributed by atoms with Gasteiger partial charge in [0.25, 0.3) is 0 Å². The molecule has 2 nitrogen and oxygen atoms in total. The van der Waals surface area contributed by atoms with Crippen LogP contribution in [-0.4, -0.2) is 30.6 Å². The van der Waals surface area contributed by atoms with E-state index < -0.39 is 0 Å². The van der Waals surface area contributed by atoms with Gasteiger partial charge in [-0.05, 0) is 70.9 Å². The molecule has 1 fully saturated rings. The molecule has 102 valence electrons. The monoisotopic (exact) mass is 240 g/mol. The van der Waals surface area contributed by atoms with Crippen molar-refractivity contribution >= 4 is 0 Å². The molecule has 0 heterocycles. The van der Waals surface area contributed by atoms with Crippen LogP contribution >= 0.6 is 0 Å². The lowest BCUT2D eigenvalue weighted by Crippen LogP contribution is -2.33. The van der Waals surface area contributed by atoms with E-state index in [-0.39, 0.29) is 0 Å². The highest BCUT2D eigenvalue weighted by molar-refractivity contribution is 4.78. The van der Waals surface area contributed by atoms with Gasteiger partial charge in [-0.25, -0.2) is 0 Å². The molecule has 1 aliphatic rings. The molecule has 0 saturated heterocycles. The maximum absolute atomic E-state index is 5.65. The van der Waals surface area contributed by atoms with Crippen LogP contribution in [0, 0.1) is 11.8 Å². The highest BCUT2D eigenvalue weighted by Crippen LogP contribution is 2.30. The van der Waals surface area contributed by atoms with Gasteiger partial charge in [0.1, 0.15) is 0 Å². The lowest BCUT2D eigenvalue weighted by molar-refractivity contribution is 0.203. The number of hydrogen-bond donors (Lipinski definition) is 1. The van der Waals surface area contributed by atoms with Crippen LogP contribution in [0.2, 0.25) is 0 Å². The van der Waals surface area contributed by atoms with Crippen molar-refractivity contribution in [1.29, 1.82) is 0 Å². The molecule has 2 N–H and O–H groups in total. The number of rotatable bonds is 10. The van der Waals surface area contributed by atoms with E-state index in [0.29, 0.717) is 6.04 Å². The molecule has 1 aliphatic carbocycles. The van der Waals surface area contributed by atoms with Crippen LogP contribution in [0.3, 0.4) is 0 Å². The molecule has 2 heteroatoms. The molecule has 1 rings (SSSR count). The summed E-state index contributed by atoms with van der Waals surface area (Å²) in [7, 11) is 0. The SMILES string of the molecule is CCC(CCN)CCCN(CC1CC1)C(C)C. The van der Waals surface area contributed by atoms with E-state index in [4.69, 9.17) is 5.73 Å². The number of hydrogen-bond acceptors (Lipinski definition) is 2. The fourth-order valence-electron chi connectivity index (χ4n) is 2.56. The third-order valence-corrected chi connectivity index (χ3v) is 4.13. The predicted molar refractivity (Wildman–Crippen MR) is 76.1 cm³/mol. The fraction of sp³-hybridized carbons (Fsp3) is 1.00. The van der Waals surface area contributed by atoms with E-state index >= 15 is 0 Å². The third kappa shape index (κ3) is 6.42. The minimum Gasteiger partial charge on any atom is -0.330 e. The average molecular weight is 240 g/mol. The molecule has 1 saturated carbocycles. The second-order valence-electron chi connectivity index (χ2n) is 6.03. The second kappa shape index (κ2) is 8.10. The highest BCUT2D eigenvalue weighted by atomic mass is 15.1. The highest BCUT2D eigenvalue weighted by Gasteiger charge is 2.25. The van der Waals surface area contributed by atoms with E-state index in [9.17, 15) is 0 Å². The molecule has 0 radical (unpaired) electrons. The average Bonchev–Trinajstić information content (AvgIpc) is 3.10. The molecule has 0 amide bonds. The van der Waals surface area contributed by atoms with E-state index in [2.05, 4.69) is 25.7 Å². The molecule has 1 unspecified atom stereocenters. The van der Waals surface area contributed by atoms with Crippen LogP contribution < -0.4 is 5.73 Å². The summed E-state index contributed by atoms with van der Waals surface area (Å²) >= 11 is 0. The topological polar surface area (TPSA) is 29.3 Å². The fourth-order valence-corrected chi connectivity index (χ4v) is 2.56. The van der Waals surface area contributed by atoms with Crippen LogP contribution in [-0.2, 0) is 0 Å². The summed E-state index contributed by atoms with van der Waals surface area (Å²) in [5, 5.41) is 0. The zero-order chi connectivity index (χ0) is 12.7. The van der Waals surface area contributed by atoms with Gasteiger partial charge in [0.15, 0.2) is 0 Å². The van der Waals surface area contributed by atoms with Crippen LogP contribution in [0.25, 0.3) is 0 Å². The van der Waals surface area contributed by atoms with Gasteiger partial charge in [-0.15, -0.1) is 0 Å². The molecule has 1 atom stereocenters. The molecule has 0 aromatic carbocycles. The minimum absolute atomic E-state index is 0.713. The van der Waals surface area contributed by atoms with E-state index in [1.54, 1.807) is 0 Å². The predicted octanol–water partition coefficient (Wildman–Crippen LogP) is 3.26. The summed E-state index contributed by atoms with van der Waals surface area (Å²) in [6, 6.07) is 0.713. The Morgan fingerprint density at radius 2 is 1.94 bits per heavy atom. The molecule has 0 aliphatic heterocycles. The molecule has 0 aromatic heterocycles. The molecule has 17 heavy (non-hydrogen) atoms. The first-order valence-electron chi connectivity index (χ1n) is 7.61. The minimum atomic E-state index is 0.713. The Bertz CT molecular complexity index is 187. The van der Waals surface area contributed by atoms with Crippen molar-refractivity contribution in [2.45, 2.75) is 65.3 Å². The first-order valence-corrected chi connectivity index (χ1v) is 7.61.